The van der Waals surface area contributed by atoms with Crippen LogP contribution in [0.5, 0.6) is 5.75 Å². The normalized spacial score (nSPS) is 13.2. The van der Waals surface area contributed by atoms with Crippen LogP contribution in [-0.2, 0) is 6.42 Å². The van der Waals surface area contributed by atoms with Gasteiger partial charge in [0.15, 0.2) is 0 Å². The largest absolute Gasteiger partial charge is 0.496 e. The molecule has 1 aliphatic rings. The summed E-state index contributed by atoms with van der Waals surface area (Å²) < 4.78 is 5.40. The number of H-pyrrole nitrogens is 1. The lowest BCUT2D eigenvalue weighted by molar-refractivity contribution is 0.416. The van der Waals surface area contributed by atoms with Gasteiger partial charge in [-0.05, 0) is 36.2 Å². The van der Waals surface area contributed by atoms with Gasteiger partial charge in [-0.1, -0.05) is 12.1 Å². The number of aromatic amines is 1. The number of methoxy groups -OCH3 is 1. The number of imidazole rings is 1. The van der Waals surface area contributed by atoms with Crippen molar-refractivity contribution in [3.63, 3.8) is 0 Å². The van der Waals surface area contributed by atoms with Crippen LogP contribution < -0.4 is 10.1 Å². The molecule has 0 saturated carbocycles. The molecular weight excluding hydrogens is 250 g/mol. The average Bonchev–Trinajstić information content (AvgIpc) is 3.09. The van der Waals surface area contributed by atoms with Crippen LogP contribution in [0.2, 0.25) is 0 Å². The summed E-state index contributed by atoms with van der Waals surface area (Å²) in [5.41, 5.74) is 5.61. The summed E-state index contributed by atoms with van der Waals surface area (Å²) in [4.78, 5) is 8.09. The first-order valence-corrected chi connectivity index (χ1v) is 6.75. The zero-order valence-corrected chi connectivity index (χ0v) is 11.2. The average molecular weight is 265 g/mol. The Morgan fingerprint density at radius 3 is 3.00 bits per heavy atom. The molecule has 0 bridgehead atoms. The highest BCUT2D eigenvalue weighted by molar-refractivity contribution is 5.85. The van der Waals surface area contributed by atoms with Crippen LogP contribution in [0.1, 0.15) is 5.56 Å². The molecule has 1 aliphatic heterocycles. The molecule has 0 unspecified atom stereocenters. The Bertz CT molecular complexity index is 751. The van der Waals surface area contributed by atoms with Gasteiger partial charge in [0.05, 0.1) is 23.7 Å². The second-order valence-electron chi connectivity index (χ2n) is 4.99. The zero-order valence-electron chi connectivity index (χ0n) is 11.2. The molecule has 0 fully saturated rings. The smallest absolute Gasteiger partial charge is 0.142 e. The van der Waals surface area contributed by atoms with Gasteiger partial charge in [-0.2, -0.15) is 0 Å². The number of nitrogens with zero attached hydrogens (tertiary/aromatic N) is 1. The molecule has 0 spiro atoms. The van der Waals surface area contributed by atoms with Crippen molar-refractivity contribution in [2.45, 2.75) is 6.42 Å². The molecule has 0 saturated heterocycles. The van der Waals surface area contributed by atoms with Crippen LogP contribution >= 0.6 is 0 Å². The minimum absolute atomic E-state index is 0.831. The van der Waals surface area contributed by atoms with Gasteiger partial charge in [-0.25, -0.2) is 4.98 Å². The van der Waals surface area contributed by atoms with Crippen molar-refractivity contribution < 1.29 is 4.74 Å². The Labute approximate surface area is 116 Å². The summed E-state index contributed by atoms with van der Waals surface area (Å²) in [5, 5.41) is 3.39. The molecule has 100 valence electrons. The van der Waals surface area contributed by atoms with E-state index >= 15 is 0 Å². The Kier molecular flexibility index (Phi) is 2.42. The van der Waals surface area contributed by atoms with Gasteiger partial charge in [0.1, 0.15) is 11.6 Å². The van der Waals surface area contributed by atoms with E-state index < -0.39 is 0 Å². The van der Waals surface area contributed by atoms with E-state index in [1.807, 2.05) is 24.3 Å². The molecule has 2 aromatic carbocycles. The zero-order chi connectivity index (χ0) is 13.5. The molecule has 0 atom stereocenters. The highest BCUT2D eigenvalue weighted by atomic mass is 16.5. The number of anilines is 1. The second-order valence-corrected chi connectivity index (χ2v) is 4.99. The number of hydrogen-bond acceptors (Lipinski definition) is 3. The summed E-state index contributed by atoms with van der Waals surface area (Å²) in [6.45, 7) is 1.02. The van der Waals surface area contributed by atoms with Crippen molar-refractivity contribution in [1.82, 2.24) is 9.97 Å². The van der Waals surface area contributed by atoms with Crippen molar-refractivity contribution in [3.05, 3.63) is 42.0 Å². The number of para-hydroxylation sites is 1. The van der Waals surface area contributed by atoms with Crippen LogP contribution in [0.25, 0.3) is 22.4 Å². The van der Waals surface area contributed by atoms with Crippen LogP contribution in [0.4, 0.5) is 5.69 Å². The molecule has 4 heteroatoms. The van der Waals surface area contributed by atoms with Gasteiger partial charge in [-0.15, -0.1) is 0 Å². The van der Waals surface area contributed by atoms with Crippen LogP contribution in [0, 0.1) is 0 Å². The Morgan fingerprint density at radius 1 is 1.20 bits per heavy atom. The molecule has 2 heterocycles. The first kappa shape index (κ1) is 11.3. The van der Waals surface area contributed by atoms with Crippen molar-refractivity contribution in [2.75, 3.05) is 19.0 Å². The fourth-order valence-electron chi connectivity index (χ4n) is 2.77. The third kappa shape index (κ3) is 1.65. The molecular formula is C16H15N3O. The van der Waals surface area contributed by atoms with Crippen molar-refractivity contribution in [3.8, 4) is 17.1 Å². The Balaban J connectivity index is 1.89. The van der Waals surface area contributed by atoms with Crippen molar-refractivity contribution in [1.29, 1.82) is 0 Å². The van der Waals surface area contributed by atoms with Gasteiger partial charge in [0.25, 0.3) is 0 Å². The quantitative estimate of drug-likeness (QED) is 0.748. The van der Waals surface area contributed by atoms with Gasteiger partial charge in [-0.3, -0.25) is 0 Å². The Hall–Kier alpha value is -2.49. The first-order chi connectivity index (χ1) is 9.85. The highest BCUT2D eigenvalue weighted by Crippen LogP contribution is 2.32. The van der Waals surface area contributed by atoms with Gasteiger partial charge in [0, 0.05) is 12.2 Å². The second kappa shape index (κ2) is 4.27. The molecule has 0 amide bonds. The maximum atomic E-state index is 5.40. The van der Waals surface area contributed by atoms with Crippen LogP contribution in [0.3, 0.4) is 0 Å². The van der Waals surface area contributed by atoms with Crippen molar-refractivity contribution >= 4 is 16.7 Å². The molecule has 2 N–H and O–H groups in total. The topological polar surface area (TPSA) is 49.9 Å². The van der Waals surface area contributed by atoms with E-state index in [0.717, 1.165) is 41.1 Å². The summed E-state index contributed by atoms with van der Waals surface area (Å²) >= 11 is 0. The summed E-state index contributed by atoms with van der Waals surface area (Å²) in [5.74, 6) is 1.68. The van der Waals surface area contributed by atoms with E-state index in [4.69, 9.17) is 9.72 Å². The minimum Gasteiger partial charge on any atom is -0.496 e. The first-order valence-electron chi connectivity index (χ1n) is 6.75. The number of hydrogen-bond donors (Lipinski definition) is 2. The number of fused-ring (bicyclic) bond motifs is 2. The molecule has 1 aromatic heterocycles. The van der Waals surface area contributed by atoms with Crippen molar-refractivity contribution in [2.24, 2.45) is 0 Å². The fraction of sp³-hybridized carbons (Fsp3) is 0.188. The number of ether oxygens (including phenoxy) is 1. The Morgan fingerprint density at radius 2 is 2.10 bits per heavy atom. The lowest BCUT2D eigenvalue weighted by atomic mass is 10.1. The predicted octanol–water partition coefficient (Wildman–Crippen LogP) is 3.21. The van der Waals surface area contributed by atoms with E-state index in [1.165, 1.54) is 11.3 Å². The fourth-order valence-corrected chi connectivity index (χ4v) is 2.77. The maximum Gasteiger partial charge on any atom is 0.142 e. The van der Waals surface area contributed by atoms with Gasteiger partial charge < -0.3 is 15.0 Å². The standard InChI is InChI=1S/C16H15N3O/c1-20-15-5-3-2-4-11(15)16-18-13-8-10-6-7-17-12(10)9-14(13)19-16/h2-5,8-9,17H,6-7H2,1H3,(H,18,19). The molecule has 0 aliphatic carbocycles. The van der Waals surface area contributed by atoms with Crippen LogP contribution in [0.15, 0.2) is 36.4 Å². The maximum absolute atomic E-state index is 5.40. The molecule has 0 radical (unpaired) electrons. The molecule has 4 rings (SSSR count). The molecule has 20 heavy (non-hydrogen) atoms. The molecule has 4 nitrogen and oxygen atoms in total. The molecule has 3 aromatic rings. The van der Waals surface area contributed by atoms with E-state index in [9.17, 15) is 0 Å². The summed E-state index contributed by atoms with van der Waals surface area (Å²) in [6, 6.07) is 12.2. The van der Waals surface area contributed by atoms with E-state index in [0.29, 0.717) is 0 Å². The predicted molar refractivity (Wildman–Crippen MR) is 80.3 cm³/mol. The number of rotatable bonds is 2. The summed E-state index contributed by atoms with van der Waals surface area (Å²) in [6.07, 6.45) is 1.08. The lowest BCUT2D eigenvalue weighted by Gasteiger charge is -2.04. The van der Waals surface area contributed by atoms with E-state index in [1.54, 1.807) is 7.11 Å². The third-order valence-electron chi connectivity index (χ3n) is 3.78. The van der Waals surface area contributed by atoms with Crippen LogP contribution in [-0.4, -0.2) is 23.6 Å². The van der Waals surface area contributed by atoms with Gasteiger partial charge in [0.2, 0.25) is 0 Å². The highest BCUT2D eigenvalue weighted by Gasteiger charge is 2.15. The minimum atomic E-state index is 0.831. The third-order valence-corrected chi connectivity index (χ3v) is 3.78. The number of aromatic nitrogens is 2. The summed E-state index contributed by atoms with van der Waals surface area (Å²) in [7, 11) is 1.68. The van der Waals surface area contributed by atoms with Gasteiger partial charge >= 0.3 is 0 Å². The SMILES string of the molecule is COc1ccccc1-c1nc2cc3c(cc2[nH]1)CCN3. The van der Waals surface area contributed by atoms with E-state index in [-0.39, 0.29) is 0 Å². The number of benzene rings is 2. The monoisotopic (exact) mass is 265 g/mol. The lowest BCUT2D eigenvalue weighted by Crippen LogP contribution is -1.90. The van der Waals surface area contributed by atoms with E-state index in [2.05, 4.69) is 22.4 Å². The number of nitrogens with one attached hydrogen (secondary N) is 2.